The summed E-state index contributed by atoms with van der Waals surface area (Å²) in [6.45, 7) is 2.65. The third-order valence-electron chi connectivity index (χ3n) is 6.06. The van der Waals surface area contributed by atoms with Crippen LogP contribution in [0, 0.1) is 5.92 Å². The van der Waals surface area contributed by atoms with Crippen LogP contribution in [0.5, 0.6) is 0 Å². The number of carbonyl (C=O) groups is 2. The molecule has 1 aliphatic heterocycles. The van der Waals surface area contributed by atoms with Gasteiger partial charge in [0.15, 0.2) is 0 Å². The van der Waals surface area contributed by atoms with Crippen molar-refractivity contribution in [1.29, 1.82) is 0 Å². The highest BCUT2D eigenvalue weighted by Crippen LogP contribution is 2.27. The maximum absolute atomic E-state index is 12.7. The van der Waals surface area contributed by atoms with Crippen LogP contribution in [0.15, 0.2) is 54.6 Å². The van der Waals surface area contributed by atoms with E-state index in [1.807, 2.05) is 40.1 Å². The molecule has 4 rings (SSSR count). The van der Waals surface area contributed by atoms with Crippen LogP contribution >= 0.6 is 0 Å². The van der Waals surface area contributed by atoms with Gasteiger partial charge in [0, 0.05) is 32.1 Å². The number of amides is 2. The van der Waals surface area contributed by atoms with Gasteiger partial charge in [0.1, 0.15) is 0 Å². The quantitative estimate of drug-likeness (QED) is 0.815. The Bertz CT molecular complexity index is 802. The topological polar surface area (TPSA) is 40.6 Å². The maximum Gasteiger partial charge on any atom is 0.227 e. The molecule has 1 saturated heterocycles. The lowest BCUT2D eigenvalue weighted by Crippen LogP contribution is -2.52. The number of hydrogen-bond acceptors (Lipinski definition) is 2. The standard InChI is InChI=1S/C24H28N2O2/c27-23(18-19-10-12-21(13-11-19)20-6-2-1-3-7-20)25-14-16-26(17-15-25)24(28)22-8-4-5-9-22/h1-3,6-7,10-13,22H,4-5,8-9,14-18H2. The highest BCUT2D eigenvalue weighted by atomic mass is 16.2. The molecule has 2 aromatic rings. The van der Waals surface area contributed by atoms with Gasteiger partial charge >= 0.3 is 0 Å². The summed E-state index contributed by atoms with van der Waals surface area (Å²) in [5.41, 5.74) is 3.38. The summed E-state index contributed by atoms with van der Waals surface area (Å²) in [6.07, 6.45) is 4.86. The highest BCUT2D eigenvalue weighted by Gasteiger charge is 2.30. The van der Waals surface area contributed by atoms with Crippen molar-refractivity contribution in [1.82, 2.24) is 9.80 Å². The van der Waals surface area contributed by atoms with E-state index in [0.717, 1.165) is 24.0 Å². The summed E-state index contributed by atoms with van der Waals surface area (Å²) >= 11 is 0. The Morgan fingerprint density at radius 2 is 1.32 bits per heavy atom. The molecule has 0 spiro atoms. The van der Waals surface area contributed by atoms with E-state index >= 15 is 0 Å². The van der Waals surface area contributed by atoms with Crippen molar-refractivity contribution >= 4 is 11.8 Å². The fourth-order valence-electron chi connectivity index (χ4n) is 4.34. The molecule has 4 nitrogen and oxygen atoms in total. The molecule has 146 valence electrons. The number of hydrogen-bond donors (Lipinski definition) is 0. The van der Waals surface area contributed by atoms with Gasteiger partial charge in [-0.15, -0.1) is 0 Å². The molecule has 2 aliphatic rings. The minimum absolute atomic E-state index is 0.153. The molecule has 1 aliphatic carbocycles. The smallest absolute Gasteiger partial charge is 0.227 e. The minimum atomic E-state index is 0.153. The van der Waals surface area contributed by atoms with E-state index in [4.69, 9.17) is 0 Å². The molecule has 2 amide bonds. The first-order valence-electron chi connectivity index (χ1n) is 10.4. The number of nitrogens with zero attached hydrogens (tertiary/aromatic N) is 2. The van der Waals surface area contributed by atoms with Crippen LogP contribution in [-0.2, 0) is 16.0 Å². The molecule has 0 unspecified atom stereocenters. The zero-order chi connectivity index (χ0) is 19.3. The Balaban J connectivity index is 1.29. The lowest BCUT2D eigenvalue weighted by molar-refractivity contribution is -0.141. The second-order valence-corrected chi connectivity index (χ2v) is 7.93. The fraction of sp³-hybridized carbons (Fsp3) is 0.417. The van der Waals surface area contributed by atoms with E-state index in [1.165, 1.54) is 18.4 Å². The van der Waals surface area contributed by atoms with E-state index in [-0.39, 0.29) is 11.8 Å². The van der Waals surface area contributed by atoms with Crippen molar-refractivity contribution in [3.05, 3.63) is 60.2 Å². The van der Waals surface area contributed by atoms with Crippen LogP contribution in [0.3, 0.4) is 0 Å². The van der Waals surface area contributed by atoms with Crippen LogP contribution in [0.1, 0.15) is 31.2 Å². The van der Waals surface area contributed by atoms with Crippen molar-refractivity contribution in [2.24, 2.45) is 5.92 Å². The Kier molecular flexibility index (Phi) is 5.75. The van der Waals surface area contributed by atoms with E-state index in [1.54, 1.807) is 0 Å². The summed E-state index contributed by atoms with van der Waals surface area (Å²) < 4.78 is 0. The number of benzene rings is 2. The predicted molar refractivity (Wildman–Crippen MR) is 111 cm³/mol. The third kappa shape index (κ3) is 4.27. The van der Waals surface area contributed by atoms with Gasteiger partial charge in [-0.05, 0) is 29.5 Å². The molecule has 0 aromatic heterocycles. The van der Waals surface area contributed by atoms with Gasteiger partial charge in [0.25, 0.3) is 0 Å². The lowest BCUT2D eigenvalue weighted by atomic mass is 10.0. The number of piperazine rings is 1. The first-order chi connectivity index (χ1) is 13.7. The van der Waals surface area contributed by atoms with Gasteiger partial charge in [-0.3, -0.25) is 9.59 Å². The van der Waals surface area contributed by atoms with Crippen molar-refractivity contribution in [3.63, 3.8) is 0 Å². The van der Waals surface area contributed by atoms with Crippen molar-refractivity contribution in [3.8, 4) is 11.1 Å². The molecule has 2 aromatic carbocycles. The van der Waals surface area contributed by atoms with Crippen LogP contribution in [0.4, 0.5) is 0 Å². The molecule has 0 radical (unpaired) electrons. The average molecular weight is 377 g/mol. The summed E-state index contributed by atoms with van der Waals surface area (Å²) in [4.78, 5) is 29.1. The first kappa shape index (κ1) is 18.7. The molecular formula is C24H28N2O2. The molecule has 2 fully saturated rings. The van der Waals surface area contributed by atoms with E-state index in [2.05, 4.69) is 24.3 Å². The monoisotopic (exact) mass is 376 g/mol. The van der Waals surface area contributed by atoms with Gasteiger partial charge < -0.3 is 9.80 Å². The van der Waals surface area contributed by atoms with Gasteiger partial charge in [-0.2, -0.15) is 0 Å². The molecule has 1 heterocycles. The number of carbonyl (C=O) groups excluding carboxylic acids is 2. The van der Waals surface area contributed by atoms with E-state index < -0.39 is 0 Å². The van der Waals surface area contributed by atoms with Crippen molar-refractivity contribution in [2.45, 2.75) is 32.1 Å². The molecule has 28 heavy (non-hydrogen) atoms. The molecule has 4 heteroatoms. The van der Waals surface area contributed by atoms with Crippen LogP contribution in [-0.4, -0.2) is 47.8 Å². The Morgan fingerprint density at radius 3 is 1.96 bits per heavy atom. The van der Waals surface area contributed by atoms with E-state index in [0.29, 0.717) is 38.5 Å². The Labute approximate surface area is 167 Å². The van der Waals surface area contributed by atoms with Crippen molar-refractivity contribution in [2.75, 3.05) is 26.2 Å². The lowest BCUT2D eigenvalue weighted by Gasteiger charge is -2.36. The predicted octanol–water partition coefficient (Wildman–Crippen LogP) is 3.76. The molecule has 0 N–H and O–H groups in total. The fourth-order valence-corrected chi connectivity index (χ4v) is 4.34. The zero-order valence-corrected chi connectivity index (χ0v) is 16.3. The minimum Gasteiger partial charge on any atom is -0.339 e. The summed E-state index contributed by atoms with van der Waals surface area (Å²) in [5, 5.41) is 0. The molecule has 0 bridgehead atoms. The van der Waals surface area contributed by atoms with Gasteiger partial charge in [-0.25, -0.2) is 0 Å². The molecule has 1 saturated carbocycles. The summed E-state index contributed by atoms with van der Waals surface area (Å²) in [6, 6.07) is 18.5. The Hall–Kier alpha value is -2.62. The van der Waals surface area contributed by atoms with Crippen molar-refractivity contribution < 1.29 is 9.59 Å². The molecule has 0 atom stereocenters. The summed E-state index contributed by atoms with van der Waals surface area (Å²) in [7, 11) is 0. The summed E-state index contributed by atoms with van der Waals surface area (Å²) in [5.74, 6) is 0.687. The third-order valence-corrected chi connectivity index (χ3v) is 6.06. The average Bonchev–Trinajstić information content (AvgIpc) is 3.29. The number of rotatable bonds is 4. The normalized spacial score (nSPS) is 17.7. The zero-order valence-electron chi connectivity index (χ0n) is 16.3. The second kappa shape index (κ2) is 8.59. The maximum atomic E-state index is 12.7. The van der Waals surface area contributed by atoms with Crippen LogP contribution in [0.2, 0.25) is 0 Å². The van der Waals surface area contributed by atoms with Gasteiger partial charge in [-0.1, -0.05) is 67.4 Å². The molecular weight excluding hydrogens is 348 g/mol. The second-order valence-electron chi connectivity index (χ2n) is 7.93. The van der Waals surface area contributed by atoms with Gasteiger partial charge in [0.05, 0.1) is 6.42 Å². The van der Waals surface area contributed by atoms with E-state index in [9.17, 15) is 9.59 Å². The SMILES string of the molecule is O=C(Cc1ccc(-c2ccccc2)cc1)N1CCN(C(=O)C2CCCC2)CC1. The Morgan fingerprint density at radius 1 is 0.750 bits per heavy atom. The van der Waals surface area contributed by atoms with Crippen LogP contribution in [0.25, 0.3) is 11.1 Å². The van der Waals surface area contributed by atoms with Gasteiger partial charge in [0.2, 0.25) is 11.8 Å². The van der Waals surface area contributed by atoms with Crippen LogP contribution < -0.4 is 0 Å². The highest BCUT2D eigenvalue weighted by molar-refractivity contribution is 5.81. The largest absolute Gasteiger partial charge is 0.339 e. The first-order valence-corrected chi connectivity index (χ1v) is 10.4.